The number of amides is 1. The summed E-state index contributed by atoms with van der Waals surface area (Å²) in [5.74, 6) is 0.868. The molecule has 0 saturated heterocycles. The summed E-state index contributed by atoms with van der Waals surface area (Å²) in [5.41, 5.74) is 2.71. The van der Waals surface area contributed by atoms with E-state index in [4.69, 9.17) is 0 Å². The van der Waals surface area contributed by atoms with Crippen LogP contribution >= 0.6 is 15.9 Å². The molecule has 112 valence electrons. The number of nitrogens with zero attached hydrogens (tertiary/aromatic N) is 2. The van der Waals surface area contributed by atoms with Gasteiger partial charge >= 0.3 is 0 Å². The molecular weight excluding hydrogens is 342 g/mol. The number of halogens is 1. The van der Waals surface area contributed by atoms with E-state index < -0.39 is 0 Å². The normalized spacial score (nSPS) is 10.8. The molecule has 1 heterocycles. The lowest BCUT2D eigenvalue weighted by molar-refractivity contribution is -0.116. The first kappa shape index (κ1) is 14.8. The van der Waals surface area contributed by atoms with Gasteiger partial charge in [0.2, 0.25) is 5.91 Å². The first-order valence-corrected chi connectivity index (χ1v) is 7.96. The van der Waals surface area contributed by atoms with Gasteiger partial charge in [-0.1, -0.05) is 35.0 Å². The maximum absolute atomic E-state index is 12.3. The van der Waals surface area contributed by atoms with Gasteiger partial charge in [0, 0.05) is 16.6 Å². The van der Waals surface area contributed by atoms with E-state index in [9.17, 15) is 4.79 Å². The number of rotatable bonds is 4. The molecule has 1 amide bonds. The molecule has 1 N–H and O–H groups in total. The first-order valence-electron chi connectivity index (χ1n) is 7.17. The highest BCUT2D eigenvalue weighted by atomic mass is 79.9. The van der Waals surface area contributed by atoms with Crippen LogP contribution in [0.4, 0.5) is 5.69 Å². The van der Waals surface area contributed by atoms with Crippen LogP contribution in [-0.4, -0.2) is 15.5 Å². The molecule has 0 spiro atoms. The van der Waals surface area contributed by atoms with E-state index in [-0.39, 0.29) is 12.5 Å². The summed E-state index contributed by atoms with van der Waals surface area (Å²) in [4.78, 5) is 16.9. The minimum atomic E-state index is -0.0554. The lowest BCUT2D eigenvalue weighted by Gasteiger charge is -2.09. The number of anilines is 1. The van der Waals surface area contributed by atoms with Crippen LogP contribution in [-0.2, 0) is 17.8 Å². The average molecular weight is 358 g/mol. The van der Waals surface area contributed by atoms with Gasteiger partial charge in [-0.05, 0) is 36.4 Å². The number of nitrogens with one attached hydrogen (secondary N) is 1. The fourth-order valence-corrected chi connectivity index (χ4v) is 2.71. The van der Waals surface area contributed by atoms with Gasteiger partial charge in [0.15, 0.2) is 0 Å². The van der Waals surface area contributed by atoms with Crippen molar-refractivity contribution in [1.82, 2.24) is 9.55 Å². The summed E-state index contributed by atoms with van der Waals surface area (Å²) in [5, 5.41) is 2.92. The Kier molecular flexibility index (Phi) is 4.24. The second kappa shape index (κ2) is 6.32. The predicted octanol–water partition coefficient (Wildman–Crippen LogP) is 4.00. The Morgan fingerprint density at radius 1 is 1.18 bits per heavy atom. The van der Waals surface area contributed by atoms with Crippen molar-refractivity contribution in [1.29, 1.82) is 0 Å². The van der Waals surface area contributed by atoms with Crippen LogP contribution in [0.5, 0.6) is 0 Å². The van der Waals surface area contributed by atoms with E-state index in [1.165, 1.54) is 0 Å². The number of imidazole rings is 1. The van der Waals surface area contributed by atoms with Crippen molar-refractivity contribution < 1.29 is 4.79 Å². The maximum atomic E-state index is 12.3. The van der Waals surface area contributed by atoms with Crippen molar-refractivity contribution >= 4 is 38.6 Å². The molecule has 0 fully saturated rings. The maximum Gasteiger partial charge on any atom is 0.244 e. The highest BCUT2D eigenvalue weighted by Gasteiger charge is 2.12. The Morgan fingerprint density at radius 3 is 2.64 bits per heavy atom. The van der Waals surface area contributed by atoms with Crippen LogP contribution in [0, 0.1) is 0 Å². The number of hydrogen-bond donors (Lipinski definition) is 1. The molecule has 0 aliphatic carbocycles. The Hall–Kier alpha value is -2.14. The molecule has 2 aromatic carbocycles. The zero-order valence-corrected chi connectivity index (χ0v) is 13.8. The molecule has 4 nitrogen and oxygen atoms in total. The Morgan fingerprint density at radius 2 is 1.91 bits per heavy atom. The van der Waals surface area contributed by atoms with Crippen molar-refractivity contribution in [3.05, 3.63) is 58.8 Å². The third-order valence-electron chi connectivity index (χ3n) is 3.48. The summed E-state index contributed by atoms with van der Waals surface area (Å²) in [6.07, 6.45) is 0.792. The van der Waals surface area contributed by atoms with E-state index in [0.717, 1.165) is 33.4 Å². The Labute approximate surface area is 137 Å². The number of carbonyl (C=O) groups is 1. The van der Waals surface area contributed by atoms with Gasteiger partial charge in [0.05, 0.1) is 11.0 Å². The first-order chi connectivity index (χ1) is 10.7. The van der Waals surface area contributed by atoms with E-state index in [2.05, 4.69) is 26.2 Å². The van der Waals surface area contributed by atoms with Crippen LogP contribution in [0.1, 0.15) is 12.7 Å². The topological polar surface area (TPSA) is 46.9 Å². The molecule has 5 heteroatoms. The van der Waals surface area contributed by atoms with Gasteiger partial charge in [-0.25, -0.2) is 4.98 Å². The van der Waals surface area contributed by atoms with Crippen LogP contribution in [0.25, 0.3) is 11.0 Å². The molecule has 0 aliphatic heterocycles. The summed E-state index contributed by atoms with van der Waals surface area (Å²) in [6, 6.07) is 15.4. The Bertz CT molecular complexity index is 808. The molecule has 0 saturated carbocycles. The van der Waals surface area contributed by atoms with Crippen LogP contribution in [0.2, 0.25) is 0 Å². The number of hydrogen-bond acceptors (Lipinski definition) is 2. The monoisotopic (exact) mass is 357 g/mol. The van der Waals surface area contributed by atoms with Crippen molar-refractivity contribution in [3.8, 4) is 0 Å². The van der Waals surface area contributed by atoms with Crippen molar-refractivity contribution in [2.45, 2.75) is 19.9 Å². The van der Waals surface area contributed by atoms with Gasteiger partial charge in [-0.2, -0.15) is 0 Å². The van der Waals surface area contributed by atoms with Gasteiger partial charge in [0.1, 0.15) is 12.4 Å². The number of aryl methyl sites for hydroxylation is 1. The molecular formula is C17H16BrN3O. The Balaban J connectivity index is 1.83. The van der Waals surface area contributed by atoms with Gasteiger partial charge in [-0.3, -0.25) is 4.79 Å². The molecule has 3 rings (SSSR count). The van der Waals surface area contributed by atoms with E-state index in [0.29, 0.717) is 0 Å². The lowest BCUT2D eigenvalue weighted by atomic mass is 10.3. The van der Waals surface area contributed by atoms with Crippen molar-refractivity contribution in [2.75, 3.05) is 5.32 Å². The van der Waals surface area contributed by atoms with E-state index in [1.54, 1.807) is 0 Å². The molecule has 0 atom stereocenters. The van der Waals surface area contributed by atoms with E-state index in [1.807, 2.05) is 60.0 Å². The zero-order chi connectivity index (χ0) is 15.5. The molecule has 0 bridgehead atoms. The summed E-state index contributed by atoms with van der Waals surface area (Å²) >= 11 is 3.38. The second-order valence-corrected chi connectivity index (χ2v) is 5.93. The third kappa shape index (κ3) is 3.04. The van der Waals surface area contributed by atoms with Gasteiger partial charge < -0.3 is 9.88 Å². The fraction of sp³-hybridized carbons (Fsp3) is 0.176. The van der Waals surface area contributed by atoms with E-state index >= 15 is 0 Å². The average Bonchev–Trinajstić information content (AvgIpc) is 2.87. The molecule has 1 aromatic heterocycles. The van der Waals surface area contributed by atoms with Gasteiger partial charge in [-0.15, -0.1) is 0 Å². The summed E-state index contributed by atoms with van der Waals surface area (Å²) in [7, 11) is 0. The number of fused-ring (bicyclic) bond motifs is 1. The predicted molar refractivity (Wildman–Crippen MR) is 91.9 cm³/mol. The highest BCUT2D eigenvalue weighted by molar-refractivity contribution is 9.10. The molecule has 0 aliphatic rings. The van der Waals surface area contributed by atoms with Crippen LogP contribution < -0.4 is 5.32 Å². The smallest absolute Gasteiger partial charge is 0.244 e. The summed E-state index contributed by atoms with van der Waals surface area (Å²) < 4.78 is 2.96. The molecule has 3 aromatic rings. The minimum Gasteiger partial charge on any atom is -0.325 e. The zero-order valence-electron chi connectivity index (χ0n) is 12.2. The standard InChI is InChI=1S/C17H16BrN3O/c1-2-16-20-14-5-3-4-6-15(14)21(16)11-17(22)19-13-9-7-12(18)8-10-13/h3-10H,2,11H2,1H3,(H,19,22). The fourth-order valence-electron chi connectivity index (χ4n) is 2.45. The van der Waals surface area contributed by atoms with Crippen molar-refractivity contribution in [3.63, 3.8) is 0 Å². The largest absolute Gasteiger partial charge is 0.325 e. The quantitative estimate of drug-likeness (QED) is 0.766. The van der Waals surface area contributed by atoms with Crippen LogP contribution in [0.15, 0.2) is 53.0 Å². The molecule has 22 heavy (non-hydrogen) atoms. The third-order valence-corrected chi connectivity index (χ3v) is 4.01. The highest BCUT2D eigenvalue weighted by Crippen LogP contribution is 2.17. The number of para-hydroxylation sites is 2. The molecule has 0 unspecified atom stereocenters. The number of carbonyl (C=O) groups excluding carboxylic acids is 1. The van der Waals surface area contributed by atoms with Crippen LogP contribution in [0.3, 0.4) is 0 Å². The second-order valence-electron chi connectivity index (χ2n) is 5.01. The van der Waals surface area contributed by atoms with Gasteiger partial charge in [0.25, 0.3) is 0 Å². The lowest BCUT2D eigenvalue weighted by Crippen LogP contribution is -2.20. The molecule has 0 radical (unpaired) electrons. The number of aromatic nitrogens is 2. The minimum absolute atomic E-state index is 0.0554. The number of benzene rings is 2. The summed E-state index contributed by atoms with van der Waals surface area (Å²) in [6.45, 7) is 2.31. The van der Waals surface area contributed by atoms with Crippen molar-refractivity contribution in [2.24, 2.45) is 0 Å². The SMILES string of the molecule is CCc1nc2ccccc2n1CC(=O)Nc1ccc(Br)cc1.